The number of thiazole rings is 1. The Balaban J connectivity index is 1.60. The number of rotatable bonds is 4. The SMILES string of the molecule is c1ccc(-c2sc(-c3cccs3)nc2-c2ccc(C3CCC3)cc2)cc1. The Morgan fingerprint density at radius 3 is 2.27 bits per heavy atom. The highest BCUT2D eigenvalue weighted by molar-refractivity contribution is 7.23. The molecule has 26 heavy (non-hydrogen) atoms. The minimum Gasteiger partial charge on any atom is -0.235 e. The molecule has 0 amide bonds. The summed E-state index contributed by atoms with van der Waals surface area (Å²) in [5, 5.41) is 3.23. The molecule has 0 unspecified atom stereocenters. The summed E-state index contributed by atoms with van der Waals surface area (Å²) in [6, 6.07) is 24.0. The van der Waals surface area contributed by atoms with Crippen LogP contribution in [0.2, 0.25) is 0 Å². The number of thiophene rings is 1. The molecule has 1 nitrogen and oxygen atoms in total. The van der Waals surface area contributed by atoms with Gasteiger partial charge >= 0.3 is 0 Å². The van der Waals surface area contributed by atoms with Crippen LogP contribution < -0.4 is 0 Å². The number of nitrogens with zero attached hydrogens (tertiary/aromatic N) is 1. The minimum absolute atomic E-state index is 0.773. The Kier molecular flexibility index (Phi) is 4.19. The van der Waals surface area contributed by atoms with Crippen molar-refractivity contribution in [2.75, 3.05) is 0 Å². The summed E-state index contributed by atoms with van der Waals surface area (Å²) in [7, 11) is 0. The van der Waals surface area contributed by atoms with Crippen LogP contribution in [-0.4, -0.2) is 4.98 Å². The highest BCUT2D eigenvalue weighted by atomic mass is 32.1. The summed E-state index contributed by atoms with van der Waals surface area (Å²) < 4.78 is 0. The van der Waals surface area contributed by atoms with Crippen LogP contribution >= 0.6 is 22.7 Å². The molecule has 0 aliphatic heterocycles. The molecule has 2 aromatic heterocycles. The van der Waals surface area contributed by atoms with Crippen LogP contribution in [0.25, 0.3) is 31.6 Å². The van der Waals surface area contributed by atoms with Gasteiger partial charge in [0, 0.05) is 5.56 Å². The van der Waals surface area contributed by atoms with Crippen LogP contribution in [-0.2, 0) is 0 Å². The van der Waals surface area contributed by atoms with E-state index in [1.54, 1.807) is 22.7 Å². The number of hydrogen-bond donors (Lipinski definition) is 0. The topological polar surface area (TPSA) is 12.9 Å². The molecule has 1 aliphatic rings. The molecule has 0 radical (unpaired) electrons. The fourth-order valence-electron chi connectivity index (χ4n) is 3.46. The molecule has 1 saturated carbocycles. The summed E-state index contributed by atoms with van der Waals surface area (Å²) in [6.07, 6.45) is 4.06. The summed E-state index contributed by atoms with van der Waals surface area (Å²) in [5.41, 5.74) is 5.04. The first kappa shape index (κ1) is 16.0. The Labute approximate surface area is 162 Å². The van der Waals surface area contributed by atoms with Crippen molar-refractivity contribution in [1.82, 2.24) is 4.98 Å². The molecular formula is C23H19NS2. The Bertz CT molecular complexity index is 994. The minimum atomic E-state index is 0.773. The highest BCUT2D eigenvalue weighted by Gasteiger charge is 2.20. The number of aromatic nitrogens is 1. The molecule has 0 atom stereocenters. The molecule has 0 spiro atoms. The molecule has 2 aromatic carbocycles. The van der Waals surface area contributed by atoms with Gasteiger partial charge in [-0.25, -0.2) is 4.98 Å². The fraction of sp³-hybridized carbons (Fsp3) is 0.174. The standard InChI is InChI=1S/C23H19NS2/c1-2-6-19(7-3-1)22-21(24-23(26-22)20-10-5-15-25-20)18-13-11-17(12-14-18)16-8-4-9-16/h1-3,5-7,10-16H,4,8-9H2. The Morgan fingerprint density at radius 2 is 1.62 bits per heavy atom. The monoisotopic (exact) mass is 373 g/mol. The Hall–Kier alpha value is -2.23. The van der Waals surface area contributed by atoms with Crippen molar-refractivity contribution in [3.63, 3.8) is 0 Å². The fourth-order valence-corrected chi connectivity index (χ4v) is 5.35. The summed E-state index contributed by atoms with van der Waals surface area (Å²) in [6.45, 7) is 0. The molecular weight excluding hydrogens is 354 g/mol. The van der Waals surface area contributed by atoms with E-state index in [0.29, 0.717) is 0 Å². The predicted octanol–water partition coefficient (Wildman–Crippen LogP) is 7.47. The summed E-state index contributed by atoms with van der Waals surface area (Å²) >= 11 is 3.54. The van der Waals surface area contributed by atoms with E-state index in [1.165, 1.54) is 45.7 Å². The van der Waals surface area contributed by atoms with Crippen molar-refractivity contribution in [3.05, 3.63) is 77.7 Å². The molecule has 128 valence electrons. The van der Waals surface area contributed by atoms with Crippen molar-refractivity contribution in [1.29, 1.82) is 0 Å². The molecule has 0 N–H and O–H groups in total. The van der Waals surface area contributed by atoms with Crippen molar-refractivity contribution in [3.8, 4) is 31.6 Å². The molecule has 1 aliphatic carbocycles. The van der Waals surface area contributed by atoms with Crippen LogP contribution in [0.4, 0.5) is 0 Å². The Morgan fingerprint density at radius 1 is 0.808 bits per heavy atom. The quantitative estimate of drug-likeness (QED) is 0.361. The molecule has 2 heterocycles. The largest absolute Gasteiger partial charge is 0.235 e. The van der Waals surface area contributed by atoms with Gasteiger partial charge in [-0.2, -0.15) is 0 Å². The van der Waals surface area contributed by atoms with Gasteiger partial charge in [-0.05, 0) is 41.3 Å². The van der Waals surface area contributed by atoms with E-state index >= 15 is 0 Å². The summed E-state index contributed by atoms with van der Waals surface area (Å²) in [5.74, 6) is 0.773. The lowest BCUT2D eigenvalue weighted by molar-refractivity contribution is 0.420. The van der Waals surface area contributed by atoms with E-state index in [4.69, 9.17) is 4.98 Å². The van der Waals surface area contributed by atoms with E-state index in [1.807, 2.05) is 0 Å². The second-order valence-corrected chi connectivity index (χ2v) is 8.74. The molecule has 5 rings (SSSR count). The van der Waals surface area contributed by atoms with Crippen molar-refractivity contribution in [2.24, 2.45) is 0 Å². The first-order chi connectivity index (χ1) is 12.9. The van der Waals surface area contributed by atoms with Gasteiger partial charge in [0.25, 0.3) is 0 Å². The third-order valence-electron chi connectivity index (χ3n) is 5.16. The second-order valence-electron chi connectivity index (χ2n) is 6.79. The van der Waals surface area contributed by atoms with E-state index < -0.39 is 0 Å². The maximum absolute atomic E-state index is 5.04. The van der Waals surface area contributed by atoms with Gasteiger partial charge in [0.2, 0.25) is 0 Å². The lowest BCUT2D eigenvalue weighted by Gasteiger charge is -2.25. The zero-order valence-electron chi connectivity index (χ0n) is 14.4. The van der Waals surface area contributed by atoms with Crippen molar-refractivity contribution in [2.45, 2.75) is 25.2 Å². The zero-order chi connectivity index (χ0) is 17.3. The maximum Gasteiger partial charge on any atom is 0.134 e. The van der Waals surface area contributed by atoms with Gasteiger partial charge in [0.05, 0.1) is 15.4 Å². The van der Waals surface area contributed by atoms with Crippen molar-refractivity contribution >= 4 is 22.7 Å². The second kappa shape index (κ2) is 6.82. The average Bonchev–Trinajstić information content (AvgIpc) is 3.31. The predicted molar refractivity (Wildman–Crippen MR) is 113 cm³/mol. The van der Waals surface area contributed by atoms with E-state index in [9.17, 15) is 0 Å². The average molecular weight is 374 g/mol. The van der Waals surface area contributed by atoms with Crippen LogP contribution in [0.5, 0.6) is 0 Å². The zero-order valence-corrected chi connectivity index (χ0v) is 16.0. The normalized spacial score (nSPS) is 14.3. The smallest absolute Gasteiger partial charge is 0.134 e. The van der Waals surface area contributed by atoms with Gasteiger partial charge in [0.1, 0.15) is 5.01 Å². The third kappa shape index (κ3) is 2.91. The lowest BCUT2D eigenvalue weighted by atomic mass is 9.80. The van der Waals surface area contributed by atoms with E-state index in [0.717, 1.165) is 16.6 Å². The van der Waals surface area contributed by atoms with Gasteiger partial charge in [0.15, 0.2) is 0 Å². The van der Waals surface area contributed by atoms with Gasteiger partial charge in [-0.15, -0.1) is 22.7 Å². The molecule has 3 heteroatoms. The lowest BCUT2D eigenvalue weighted by Crippen LogP contribution is -2.08. The number of benzene rings is 2. The van der Waals surface area contributed by atoms with Gasteiger partial charge < -0.3 is 0 Å². The van der Waals surface area contributed by atoms with Crippen LogP contribution in [0.15, 0.2) is 72.1 Å². The van der Waals surface area contributed by atoms with Crippen molar-refractivity contribution < 1.29 is 0 Å². The molecule has 1 fully saturated rings. The highest BCUT2D eigenvalue weighted by Crippen LogP contribution is 2.42. The third-order valence-corrected chi connectivity index (χ3v) is 7.30. The van der Waals surface area contributed by atoms with Gasteiger partial charge in [-0.3, -0.25) is 0 Å². The first-order valence-corrected chi connectivity index (χ1v) is 10.8. The molecule has 0 saturated heterocycles. The first-order valence-electron chi connectivity index (χ1n) is 9.09. The number of hydrogen-bond acceptors (Lipinski definition) is 3. The maximum atomic E-state index is 5.04. The van der Waals surface area contributed by atoms with Crippen LogP contribution in [0.1, 0.15) is 30.7 Å². The summed E-state index contributed by atoms with van der Waals surface area (Å²) in [4.78, 5) is 7.53. The van der Waals surface area contributed by atoms with E-state index in [2.05, 4.69) is 72.1 Å². The molecule has 4 aromatic rings. The van der Waals surface area contributed by atoms with Gasteiger partial charge in [-0.1, -0.05) is 67.1 Å². The van der Waals surface area contributed by atoms with E-state index in [-0.39, 0.29) is 0 Å². The molecule has 0 bridgehead atoms. The van der Waals surface area contributed by atoms with Crippen LogP contribution in [0.3, 0.4) is 0 Å². The van der Waals surface area contributed by atoms with Crippen LogP contribution in [0, 0.1) is 0 Å².